The van der Waals surface area contributed by atoms with Crippen LogP contribution in [0.2, 0.25) is 28.2 Å². The predicted molar refractivity (Wildman–Crippen MR) is 149 cm³/mol. The summed E-state index contributed by atoms with van der Waals surface area (Å²) >= 11 is 12.4. The summed E-state index contributed by atoms with van der Waals surface area (Å²) in [5.74, 6) is -0.193. The molecule has 2 atom stereocenters. The Hall–Kier alpha value is -0.933. The van der Waals surface area contributed by atoms with Crippen LogP contribution < -0.4 is 0 Å². The smallest absolute Gasteiger partial charge is 0.218 e. The normalized spacial score (nSPS) is 18.8. The average Bonchev–Trinajstić information content (AvgIpc) is 3.22. The predicted octanol–water partition coefficient (Wildman–Crippen LogP) is 6.59. The molecule has 0 N–H and O–H groups in total. The van der Waals surface area contributed by atoms with Crippen molar-refractivity contribution in [2.45, 2.75) is 63.2 Å². The number of rotatable bonds is 9. The van der Waals surface area contributed by atoms with Gasteiger partial charge in [0.05, 0.1) is 21.9 Å². The highest BCUT2D eigenvalue weighted by molar-refractivity contribution is 7.88. The third-order valence-corrected chi connectivity index (χ3v) is 14.5. The van der Waals surface area contributed by atoms with E-state index in [0.717, 1.165) is 25.1 Å². The molecule has 5 nitrogen and oxygen atoms in total. The third kappa shape index (κ3) is 7.10. The number of hydrogen-bond donors (Lipinski definition) is 0. The molecule has 9 heteroatoms. The molecule has 3 rings (SSSR count). The maximum absolute atomic E-state index is 13.3. The molecule has 0 aromatic heterocycles. The van der Waals surface area contributed by atoms with Crippen molar-refractivity contribution >= 4 is 41.5 Å². The van der Waals surface area contributed by atoms with E-state index in [0.29, 0.717) is 17.1 Å². The van der Waals surface area contributed by atoms with Crippen LogP contribution in [0.15, 0.2) is 48.5 Å². The highest BCUT2D eigenvalue weighted by Gasteiger charge is 2.41. The second-order valence-corrected chi connectivity index (χ2v) is 18.6. The number of likely N-dealkylation sites (N-methyl/N-ethyl adjacent to an activating group) is 1. The molecule has 1 aliphatic heterocycles. The van der Waals surface area contributed by atoms with Crippen LogP contribution in [-0.4, -0.2) is 58.7 Å². The molecular weight excluding hydrogens is 519 g/mol. The Morgan fingerprint density at radius 1 is 1.11 bits per heavy atom. The van der Waals surface area contributed by atoms with Crippen molar-refractivity contribution in [3.05, 3.63) is 69.7 Å². The van der Waals surface area contributed by atoms with Gasteiger partial charge in [0, 0.05) is 32.7 Å². The van der Waals surface area contributed by atoms with Gasteiger partial charge in [0.2, 0.25) is 10.0 Å². The van der Waals surface area contributed by atoms with E-state index in [1.165, 1.54) is 4.31 Å². The zero-order chi connectivity index (χ0) is 26.0. The third-order valence-electron chi connectivity index (χ3n) is 7.34. The fourth-order valence-electron chi connectivity index (χ4n) is 4.16. The molecule has 35 heavy (non-hydrogen) atoms. The van der Waals surface area contributed by atoms with Gasteiger partial charge < -0.3 is 4.43 Å². The van der Waals surface area contributed by atoms with Gasteiger partial charge >= 0.3 is 0 Å². The van der Waals surface area contributed by atoms with Crippen LogP contribution in [0, 0.1) is 0 Å². The molecule has 0 amide bonds. The van der Waals surface area contributed by atoms with Gasteiger partial charge in [-0.1, -0.05) is 86.4 Å². The zero-order valence-electron chi connectivity index (χ0n) is 21.6. The second-order valence-electron chi connectivity index (χ2n) is 11.0. The fraction of sp³-hybridized carbons (Fsp3) is 0.538. The summed E-state index contributed by atoms with van der Waals surface area (Å²) in [6.07, 6.45) is 1.11. The van der Waals surface area contributed by atoms with Crippen LogP contribution in [0.25, 0.3) is 0 Å². The van der Waals surface area contributed by atoms with Crippen molar-refractivity contribution in [1.82, 2.24) is 9.21 Å². The topological polar surface area (TPSA) is 49.9 Å². The lowest BCUT2D eigenvalue weighted by atomic mass is 10.1. The van der Waals surface area contributed by atoms with Gasteiger partial charge in [-0.3, -0.25) is 4.90 Å². The number of halogens is 2. The summed E-state index contributed by atoms with van der Waals surface area (Å²) in [6, 6.07) is 15.1. The monoisotopic (exact) mass is 556 g/mol. The van der Waals surface area contributed by atoms with E-state index in [1.807, 2.05) is 18.2 Å². The van der Waals surface area contributed by atoms with Crippen molar-refractivity contribution in [2.75, 3.05) is 26.7 Å². The van der Waals surface area contributed by atoms with Gasteiger partial charge in [-0.25, -0.2) is 12.7 Å². The first-order chi connectivity index (χ1) is 16.2. The fourth-order valence-corrected chi connectivity index (χ4v) is 7.23. The molecule has 0 bridgehead atoms. The quantitative estimate of drug-likeness (QED) is 0.327. The molecule has 1 saturated heterocycles. The van der Waals surface area contributed by atoms with Crippen LogP contribution in [0.5, 0.6) is 0 Å². The van der Waals surface area contributed by atoms with E-state index in [-0.39, 0.29) is 28.0 Å². The number of likely N-dealkylation sites (tertiary alicyclic amines) is 1. The molecule has 0 spiro atoms. The summed E-state index contributed by atoms with van der Waals surface area (Å²) in [5.41, 5.74) is 1.61. The van der Waals surface area contributed by atoms with Gasteiger partial charge in [0.25, 0.3) is 0 Å². The van der Waals surface area contributed by atoms with E-state index in [9.17, 15) is 8.42 Å². The maximum Gasteiger partial charge on any atom is 0.218 e. The number of hydrogen-bond acceptors (Lipinski definition) is 4. The Kier molecular flexibility index (Phi) is 9.17. The largest absolute Gasteiger partial charge is 0.413 e. The lowest BCUT2D eigenvalue weighted by Gasteiger charge is -2.38. The number of nitrogens with zero attached hydrogens (tertiary/aromatic N) is 2. The molecule has 194 valence electrons. The Labute approximate surface area is 222 Å². The Morgan fingerprint density at radius 2 is 1.77 bits per heavy atom. The zero-order valence-corrected chi connectivity index (χ0v) is 24.9. The van der Waals surface area contributed by atoms with E-state index in [1.54, 1.807) is 25.2 Å². The summed E-state index contributed by atoms with van der Waals surface area (Å²) in [7, 11) is -3.85. The minimum atomic E-state index is -3.61. The molecule has 1 heterocycles. The summed E-state index contributed by atoms with van der Waals surface area (Å²) < 4.78 is 34.7. The molecule has 2 aromatic rings. The van der Waals surface area contributed by atoms with Crippen molar-refractivity contribution in [2.24, 2.45) is 0 Å². The molecule has 0 unspecified atom stereocenters. The minimum Gasteiger partial charge on any atom is -0.413 e. The summed E-state index contributed by atoms with van der Waals surface area (Å²) in [6.45, 7) is 13.3. The van der Waals surface area contributed by atoms with Crippen LogP contribution >= 0.6 is 23.2 Å². The second kappa shape index (κ2) is 11.2. The van der Waals surface area contributed by atoms with E-state index >= 15 is 0 Å². The van der Waals surface area contributed by atoms with E-state index in [2.05, 4.69) is 50.9 Å². The van der Waals surface area contributed by atoms with Crippen LogP contribution in [0.3, 0.4) is 0 Å². The van der Waals surface area contributed by atoms with Crippen molar-refractivity contribution in [1.29, 1.82) is 0 Å². The lowest BCUT2D eigenvalue weighted by molar-refractivity contribution is 0.156. The highest BCUT2D eigenvalue weighted by Crippen LogP contribution is 2.39. The molecule has 0 aliphatic carbocycles. The number of benzene rings is 2. The summed E-state index contributed by atoms with van der Waals surface area (Å²) in [5, 5.41) is 0.791. The number of sulfonamides is 1. The van der Waals surface area contributed by atoms with Crippen molar-refractivity contribution in [3.63, 3.8) is 0 Å². The van der Waals surface area contributed by atoms with Crippen molar-refractivity contribution in [3.8, 4) is 0 Å². The molecule has 0 radical (unpaired) electrons. The first kappa shape index (κ1) is 28.6. The Balaban J connectivity index is 1.78. The van der Waals surface area contributed by atoms with Gasteiger partial charge in [-0.2, -0.15) is 0 Å². The maximum atomic E-state index is 13.3. The molecule has 1 aliphatic rings. The summed E-state index contributed by atoms with van der Waals surface area (Å²) in [4.78, 5) is 2.37. The molecule has 2 aromatic carbocycles. The van der Waals surface area contributed by atoms with Gasteiger partial charge in [0.15, 0.2) is 8.32 Å². The van der Waals surface area contributed by atoms with Gasteiger partial charge in [-0.05, 0) is 41.7 Å². The lowest BCUT2D eigenvalue weighted by Crippen LogP contribution is -2.45. The SMILES string of the molecule is CN(C[C@@H](c1ccccc1)N1CC[C@H](O[Si](C)(C)C(C)(C)C)C1)S(=O)(=O)Cc1cccc(Cl)c1Cl. The highest BCUT2D eigenvalue weighted by atomic mass is 35.5. The first-order valence-corrected chi connectivity index (χ1v) is 17.3. The van der Waals surface area contributed by atoms with E-state index in [4.69, 9.17) is 27.6 Å². The molecule has 1 fully saturated rings. The molecule has 0 saturated carbocycles. The van der Waals surface area contributed by atoms with Gasteiger partial charge in [-0.15, -0.1) is 0 Å². The first-order valence-electron chi connectivity index (χ1n) is 12.0. The van der Waals surface area contributed by atoms with Gasteiger partial charge in [0.1, 0.15) is 0 Å². The van der Waals surface area contributed by atoms with Crippen molar-refractivity contribution < 1.29 is 12.8 Å². The average molecular weight is 558 g/mol. The van der Waals surface area contributed by atoms with Crippen LogP contribution in [0.1, 0.15) is 44.4 Å². The Bertz CT molecular complexity index is 1110. The standard InChI is InChI=1S/C26H38Cl2N2O3SSi/c1-26(2,3)35(5,6)33-22-15-16-30(17-22)24(20-11-8-7-9-12-20)18-29(4)34(31,32)19-21-13-10-14-23(27)25(21)28/h7-14,22,24H,15-19H2,1-6H3/t22-,24-/m0/s1. The van der Waals surface area contributed by atoms with Crippen LogP contribution in [0.4, 0.5) is 0 Å². The minimum absolute atomic E-state index is 0.0705. The molecular formula is C26H38Cl2N2O3SSi. The Morgan fingerprint density at radius 3 is 2.40 bits per heavy atom. The van der Waals surface area contributed by atoms with Crippen LogP contribution in [-0.2, 0) is 20.2 Å². The van der Waals surface area contributed by atoms with E-state index < -0.39 is 18.3 Å².